The van der Waals surface area contributed by atoms with Gasteiger partial charge < -0.3 is 14.7 Å². The van der Waals surface area contributed by atoms with Crippen LogP contribution in [0.25, 0.3) is 0 Å². The molecule has 0 N–H and O–H groups in total. The maximum absolute atomic E-state index is 12.8. The van der Waals surface area contributed by atoms with Crippen LogP contribution in [0.1, 0.15) is 42.2 Å². The van der Waals surface area contributed by atoms with Crippen LogP contribution < -0.4 is 4.90 Å². The summed E-state index contributed by atoms with van der Waals surface area (Å²) >= 11 is 0. The van der Waals surface area contributed by atoms with Crippen molar-refractivity contribution in [2.75, 3.05) is 44.2 Å². The summed E-state index contributed by atoms with van der Waals surface area (Å²) in [6, 6.07) is 8.35. The molecule has 0 radical (unpaired) electrons. The van der Waals surface area contributed by atoms with Crippen LogP contribution in [0.15, 0.2) is 42.9 Å². The maximum Gasteiger partial charge on any atom is 0.274 e. The van der Waals surface area contributed by atoms with Gasteiger partial charge in [0.2, 0.25) is 5.91 Å². The lowest BCUT2D eigenvalue weighted by Crippen LogP contribution is -2.49. The number of nitrogens with zero attached hydrogens (tertiary/aromatic N) is 5. The quantitative estimate of drug-likeness (QED) is 0.671. The zero-order valence-corrected chi connectivity index (χ0v) is 18.0. The molecule has 1 aromatic heterocycles. The Hall–Kier alpha value is -2.96. The zero-order chi connectivity index (χ0) is 21.3. The fourth-order valence-electron chi connectivity index (χ4n) is 3.74. The number of rotatable bonds is 8. The summed E-state index contributed by atoms with van der Waals surface area (Å²) in [6.45, 7) is 8.31. The molecule has 1 fully saturated rings. The largest absolute Gasteiger partial charge is 0.368 e. The van der Waals surface area contributed by atoms with Crippen LogP contribution >= 0.6 is 0 Å². The number of hydrogen-bond acceptors (Lipinski definition) is 5. The first-order valence-corrected chi connectivity index (χ1v) is 10.7. The molecule has 2 heterocycles. The van der Waals surface area contributed by atoms with Crippen molar-refractivity contribution in [3.8, 4) is 0 Å². The van der Waals surface area contributed by atoms with Gasteiger partial charge in [0.15, 0.2) is 0 Å². The molecule has 0 atom stereocenters. The molecule has 1 aliphatic heterocycles. The minimum atomic E-state index is -0.159. The molecule has 30 heavy (non-hydrogen) atoms. The van der Waals surface area contributed by atoms with Crippen LogP contribution in [-0.2, 0) is 4.79 Å². The highest BCUT2D eigenvalue weighted by Crippen LogP contribution is 2.21. The number of unbranched alkanes of at least 4 members (excludes halogenated alkanes) is 1. The predicted octanol–water partition coefficient (Wildman–Crippen LogP) is 2.77. The molecule has 0 saturated carbocycles. The number of aryl methyl sites for hydroxylation is 1. The summed E-state index contributed by atoms with van der Waals surface area (Å²) in [5.41, 5.74) is 2.82. The molecule has 2 aromatic rings. The molecule has 160 valence electrons. The van der Waals surface area contributed by atoms with Crippen LogP contribution in [0.4, 0.5) is 5.69 Å². The Balaban J connectivity index is 1.53. The topological polar surface area (TPSA) is 69.6 Å². The van der Waals surface area contributed by atoms with Crippen molar-refractivity contribution < 1.29 is 9.59 Å². The molecule has 1 aromatic carbocycles. The number of piperazine rings is 1. The Morgan fingerprint density at radius 1 is 1.07 bits per heavy atom. The Morgan fingerprint density at radius 2 is 1.83 bits per heavy atom. The van der Waals surface area contributed by atoms with Gasteiger partial charge in [-0.05, 0) is 25.0 Å². The van der Waals surface area contributed by atoms with Gasteiger partial charge in [0.1, 0.15) is 5.69 Å². The molecular formula is C23H31N5O2. The van der Waals surface area contributed by atoms with Crippen LogP contribution in [0.5, 0.6) is 0 Å². The Labute approximate surface area is 178 Å². The van der Waals surface area contributed by atoms with Gasteiger partial charge in [-0.25, -0.2) is 4.98 Å². The number of carbonyl (C=O) groups is 2. The van der Waals surface area contributed by atoms with Crippen LogP contribution in [-0.4, -0.2) is 70.9 Å². The summed E-state index contributed by atoms with van der Waals surface area (Å²) in [4.78, 5) is 39.6. The second-order valence-electron chi connectivity index (χ2n) is 7.64. The Morgan fingerprint density at radius 3 is 2.50 bits per heavy atom. The van der Waals surface area contributed by atoms with E-state index in [1.165, 1.54) is 23.6 Å². The number of benzene rings is 1. The second kappa shape index (κ2) is 10.7. The zero-order valence-electron chi connectivity index (χ0n) is 18.0. The molecule has 1 aliphatic rings. The van der Waals surface area contributed by atoms with Gasteiger partial charge in [-0.1, -0.05) is 31.5 Å². The lowest BCUT2D eigenvalue weighted by atomic mass is 10.1. The third-order valence-corrected chi connectivity index (χ3v) is 5.54. The average Bonchev–Trinajstić information content (AvgIpc) is 2.79. The highest BCUT2D eigenvalue weighted by atomic mass is 16.2. The molecule has 1 saturated heterocycles. The van der Waals surface area contributed by atoms with E-state index < -0.39 is 0 Å². The van der Waals surface area contributed by atoms with Crippen molar-refractivity contribution in [3.05, 3.63) is 54.1 Å². The maximum atomic E-state index is 12.8. The van der Waals surface area contributed by atoms with Gasteiger partial charge in [0.05, 0.1) is 6.20 Å². The SMILES string of the molecule is CCCCN(CCC(=O)N1CCN(c2ccccc2C)CC1)C(=O)c1cnccn1. The first-order valence-electron chi connectivity index (χ1n) is 10.7. The van der Waals surface area contributed by atoms with E-state index in [-0.39, 0.29) is 11.8 Å². The van der Waals surface area contributed by atoms with Crippen molar-refractivity contribution in [3.63, 3.8) is 0 Å². The van der Waals surface area contributed by atoms with E-state index >= 15 is 0 Å². The Kier molecular flexibility index (Phi) is 7.76. The summed E-state index contributed by atoms with van der Waals surface area (Å²) in [5.74, 6) is -0.0541. The number of carbonyl (C=O) groups excluding carboxylic acids is 2. The van der Waals surface area contributed by atoms with E-state index in [0.717, 1.165) is 25.9 Å². The van der Waals surface area contributed by atoms with Crippen molar-refractivity contribution in [1.29, 1.82) is 0 Å². The fraction of sp³-hybridized carbons (Fsp3) is 0.478. The van der Waals surface area contributed by atoms with E-state index in [4.69, 9.17) is 0 Å². The molecule has 7 nitrogen and oxygen atoms in total. The molecule has 7 heteroatoms. The van der Waals surface area contributed by atoms with Crippen LogP contribution in [0, 0.1) is 6.92 Å². The number of amides is 2. The van der Waals surface area contributed by atoms with E-state index in [9.17, 15) is 9.59 Å². The van der Waals surface area contributed by atoms with Crippen molar-refractivity contribution >= 4 is 17.5 Å². The average molecular weight is 410 g/mol. The van der Waals surface area contributed by atoms with Gasteiger partial charge in [0.25, 0.3) is 5.91 Å². The third-order valence-electron chi connectivity index (χ3n) is 5.54. The van der Waals surface area contributed by atoms with Crippen LogP contribution in [0.2, 0.25) is 0 Å². The monoisotopic (exact) mass is 409 g/mol. The van der Waals surface area contributed by atoms with Crippen molar-refractivity contribution in [2.45, 2.75) is 33.1 Å². The van der Waals surface area contributed by atoms with E-state index in [1.54, 1.807) is 11.1 Å². The molecule has 0 unspecified atom stereocenters. The van der Waals surface area contributed by atoms with Gasteiger partial charge in [-0.15, -0.1) is 0 Å². The fourth-order valence-corrected chi connectivity index (χ4v) is 3.74. The van der Waals surface area contributed by atoms with Crippen molar-refractivity contribution in [2.24, 2.45) is 0 Å². The molecular weight excluding hydrogens is 378 g/mol. The summed E-state index contributed by atoms with van der Waals surface area (Å²) in [5, 5.41) is 0. The number of para-hydroxylation sites is 1. The highest BCUT2D eigenvalue weighted by molar-refractivity contribution is 5.92. The van der Waals surface area contributed by atoms with Gasteiger partial charge in [-0.3, -0.25) is 14.6 Å². The summed E-state index contributed by atoms with van der Waals surface area (Å²) < 4.78 is 0. The normalized spacial score (nSPS) is 13.9. The number of anilines is 1. The summed E-state index contributed by atoms with van der Waals surface area (Å²) in [7, 11) is 0. The Bertz CT molecular complexity index is 834. The first-order chi connectivity index (χ1) is 14.6. The smallest absolute Gasteiger partial charge is 0.274 e. The first kappa shape index (κ1) is 21.7. The van der Waals surface area contributed by atoms with Crippen LogP contribution in [0.3, 0.4) is 0 Å². The van der Waals surface area contributed by atoms with Gasteiger partial charge in [0, 0.05) is 63.8 Å². The lowest BCUT2D eigenvalue weighted by molar-refractivity contribution is -0.131. The number of aromatic nitrogens is 2. The number of hydrogen-bond donors (Lipinski definition) is 0. The standard InChI is InChI=1S/C23H31N5O2/c1-3-4-12-28(23(30)20-18-24-10-11-25-20)13-9-22(29)27-16-14-26(15-17-27)21-8-6-5-7-19(21)2/h5-8,10-11,18H,3-4,9,12-17H2,1-2H3. The molecule has 2 amide bonds. The molecule has 3 rings (SSSR count). The van der Waals surface area contributed by atoms with Gasteiger partial charge >= 0.3 is 0 Å². The third kappa shape index (κ3) is 5.55. The molecule has 0 aliphatic carbocycles. The second-order valence-corrected chi connectivity index (χ2v) is 7.64. The predicted molar refractivity (Wildman–Crippen MR) is 117 cm³/mol. The molecule has 0 bridgehead atoms. The van der Waals surface area contributed by atoms with E-state index in [1.807, 2.05) is 11.0 Å². The van der Waals surface area contributed by atoms with E-state index in [0.29, 0.717) is 38.3 Å². The minimum absolute atomic E-state index is 0.105. The summed E-state index contributed by atoms with van der Waals surface area (Å²) in [6.07, 6.45) is 6.76. The lowest BCUT2D eigenvalue weighted by Gasteiger charge is -2.37. The van der Waals surface area contributed by atoms with E-state index in [2.05, 4.69) is 46.9 Å². The molecule has 0 spiro atoms. The van der Waals surface area contributed by atoms with Crippen molar-refractivity contribution in [1.82, 2.24) is 19.8 Å². The van der Waals surface area contributed by atoms with Gasteiger partial charge in [-0.2, -0.15) is 0 Å². The highest BCUT2D eigenvalue weighted by Gasteiger charge is 2.24. The minimum Gasteiger partial charge on any atom is -0.368 e.